The fourth-order valence-corrected chi connectivity index (χ4v) is 4.98. The molecule has 1 aliphatic heterocycles. The number of hydrogen-bond donors (Lipinski definition) is 0. The first-order valence-electron chi connectivity index (χ1n) is 12.4. The normalized spacial score (nSPS) is 13.3. The predicted octanol–water partition coefficient (Wildman–Crippen LogP) is 6.36. The van der Waals surface area contributed by atoms with Crippen LogP contribution < -0.4 is 9.80 Å². The van der Waals surface area contributed by atoms with E-state index in [1.165, 1.54) is 16.7 Å². The second-order valence-corrected chi connectivity index (χ2v) is 9.74. The minimum absolute atomic E-state index is 0.340. The van der Waals surface area contributed by atoms with E-state index < -0.39 is 17.8 Å². The summed E-state index contributed by atoms with van der Waals surface area (Å²) in [5.74, 6) is -1.21. The molecule has 7 heteroatoms. The van der Waals surface area contributed by atoms with Gasteiger partial charge in [0.25, 0.3) is 11.8 Å². The molecule has 0 atom stereocenters. The topological polar surface area (TPSA) is 66.9 Å². The van der Waals surface area contributed by atoms with Gasteiger partial charge in [-0.2, -0.15) is 0 Å². The Morgan fingerprint density at radius 2 is 1.57 bits per heavy atom. The van der Waals surface area contributed by atoms with Crippen LogP contribution in [0.4, 0.5) is 11.4 Å². The predicted molar refractivity (Wildman–Crippen MR) is 148 cm³/mol. The zero-order chi connectivity index (χ0) is 26.4. The van der Waals surface area contributed by atoms with Crippen molar-refractivity contribution in [2.24, 2.45) is 0 Å². The summed E-state index contributed by atoms with van der Waals surface area (Å²) in [6.07, 6.45) is 1.73. The SMILES string of the molecule is CCCCOC(=O)c1ccc(N2C(=O)C(Sc3ccc(C)cc3)=C(N(CC)c3ccccc3)C2=O)cc1. The summed E-state index contributed by atoms with van der Waals surface area (Å²) in [5.41, 5.74) is 3.06. The lowest BCUT2D eigenvalue weighted by Crippen LogP contribution is -2.35. The Labute approximate surface area is 221 Å². The lowest BCUT2D eigenvalue weighted by atomic mass is 10.2. The van der Waals surface area contributed by atoms with E-state index in [1.807, 2.05) is 80.3 Å². The number of aryl methyl sites for hydroxylation is 1. The van der Waals surface area contributed by atoms with E-state index in [1.54, 1.807) is 24.3 Å². The number of hydrogen-bond acceptors (Lipinski definition) is 6. The number of likely N-dealkylation sites (N-methyl/N-ethyl adjacent to an activating group) is 1. The molecule has 37 heavy (non-hydrogen) atoms. The third-order valence-electron chi connectivity index (χ3n) is 6.01. The van der Waals surface area contributed by atoms with E-state index >= 15 is 0 Å². The van der Waals surface area contributed by atoms with Gasteiger partial charge in [-0.3, -0.25) is 9.59 Å². The summed E-state index contributed by atoms with van der Waals surface area (Å²) in [4.78, 5) is 44.2. The second-order valence-electron chi connectivity index (χ2n) is 8.65. The number of thioether (sulfide) groups is 1. The molecule has 0 aliphatic carbocycles. The van der Waals surface area contributed by atoms with Crippen LogP contribution in [0.5, 0.6) is 0 Å². The van der Waals surface area contributed by atoms with E-state index in [9.17, 15) is 14.4 Å². The highest BCUT2D eigenvalue weighted by molar-refractivity contribution is 8.04. The molecule has 3 aromatic rings. The Kier molecular flexibility index (Phi) is 8.46. The van der Waals surface area contributed by atoms with Crippen molar-refractivity contribution in [1.29, 1.82) is 0 Å². The number of carbonyl (C=O) groups excluding carboxylic acids is 3. The molecule has 3 aromatic carbocycles. The van der Waals surface area contributed by atoms with Gasteiger partial charge in [0.15, 0.2) is 0 Å². The summed E-state index contributed by atoms with van der Waals surface area (Å²) in [5, 5.41) is 0. The number of ether oxygens (including phenoxy) is 1. The average molecular weight is 515 g/mol. The zero-order valence-corrected chi connectivity index (χ0v) is 22.1. The van der Waals surface area contributed by atoms with Gasteiger partial charge >= 0.3 is 5.97 Å². The van der Waals surface area contributed by atoms with E-state index in [2.05, 4.69) is 0 Å². The molecule has 0 N–H and O–H groups in total. The number of anilines is 2. The van der Waals surface area contributed by atoms with Crippen LogP contribution in [0.1, 0.15) is 42.6 Å². The van der Waals surface area contributed by atoms with Crippen LogP contribution in [0.25, 0.3) is 0 Å². The Bertz CT molecular complexity index is 1300. The molecule has 1 aliphatic rings. The van der Waals surface area contributed by atoms with Crippen LogP contribution >= 0.6 is 11.8 Å². The minimum atomic E-state index is -0.422. The smallest absolute Gasteiger partial charge is 0.338 e. The van der Waals surface area contributed by atoms with Crippen molar-refractivity contribution in [1.82, 2.24) is 0 Å². The largest absolute Gasteiger partial charge is 0.462 e. The maximum absolute atomic E-state index is 13.8. The fraction of sp³-hybridized carbons (Fsp3) is 0.233. The molecule has 0 spiro atoms. The summed E-state index contributed by atoms with van der Waals surface area (Å²) in [7, 11) is 0. The maximum atomic E-state index is 13.8. The summed E-state index contributed by atoms with van der Waals surface area (Å²) in [6.45, 7) is 6.85. The molecule has 0 fully saturated rings. The number of para-hydroxylation sites is 1. The summed E-state index contributed by atoms with van der Waals surface area (Å²) >= 11 is 1.29. The molecule has 0 saturated carbocycles. The van der Waals surface area contributed by atoms with Crippen LogP contribution in [-0.4, -0.2) is 30.9 Å². The Balaban J connectivity index is 1.68. The highest BCUT2D eigenvalue weighted by atomic mass is 32.2. The number of esters is 1. The monoisotopic (exact) mass is 514 g/mol. The molecular weight excluding hydrogens is 484 g/mol. The number of nitrogens with zero attached hydrogens (tertiary/aromatic N) is 2. The highest BCUT2D eigenvalue weighted by Gasteiger charge is 2.42. The maximum Gasteiger partial charge on any atom is 0.338 e. The third kappa shape index (κ3) is 5.78. The molecule has 0 saturated heterocycles. The highest BCUT2D eigenvalue weighted by Crippen LogP contribution is 2.40. The number of carbonyl (C=O) groups is 3. The Morgan fingerprint density at radius 1 is 0.892 bits per heavy atom. The molecule has 2 amide bonds. The van der Waals surface area contributed by atoms with Crippen LogP contribution in [-0.2, 0) is 14.3 Å². The van der Waals surface area contributed by atoms with Crippen molar-refractivity contribution in [3.05, 3.63) is 101 Å². The first kappa shape index (κ1) is 26.2. The quantitative estimate of drug-likeness (QED) is 0.178. The molecule has 4 rings (SSSR count). The van der Waals surface area contributed by atoms with E-state index in [0.717, 1.165) is 29.0 Å². The van der Waals surface area contributed by atoms with Crippen molar-refractivity contribution in [3.8, 4) is 0 Å². The van der Waals surface area contributed by atoms with Crippen LogP contribution in [0.2, 0.25) is 0 Å². The average Bonchev–Trinajstić information content (AvgIpc) is 3.15. The number of imide groups is 1. The molecule has 0 aromatic heterocycles. The summed E-state index contributed by atoms with van der Waals surface area (Å²) in [6, 6.07) is 23.8. The van der Waals surface area contributed by atoms with Crippen molar-refractivity contribution >= 4 is 40.9 Å². The first-order chi connectivity index (χ1) is 17.9. The molecule has 0 bridgehead atoms. The van der Waals surface area contributed by atoms with Crippen molar-refractivity contribution in [2.75, 3.05) is 23.0 Å². The van der Waals surface area contributed by atoms with Gasteiger partial charge in [-0.05, 0) is 68.8 Å². The zero-order valence-electron chi connectivity index (χ0n) is 21.3. The van der Waals surface area contributed by atoms with Crippen LogP contribution in [0.3, 0.4) is 0 Å². The van der Waals surface area contributed by atoms with E-state index in [-0.39, 0.29) is 0 Å². The van der Waals surface area contributed by atoms with Crippen molar-refractivity contribution in [3.63, 3.8) is 0 Å². The van der Waals surface area contributed by atoms with Gasteiger partial charge in [0.1, 0.15) is 10.6 Å². The molecule has 0 radical (unpaired) electrons. The number of unbranched alkanes of at least 4 members (excludes halogenated alkanes) is 1. The van der Waals surface area contributed by atoms with Gasteiger partial charge in [0.2, 0.25) is 0 Å². The van der Waals surface area contributed by atoms with E-state index in [4.69, 9.17) is 4.74 Å². The first-order valence-corrected chi connectivity index (χ1v) is 13.2. The van der Waals surface area contributed by atoms with Crippen LogP contribution in [0, 0.1) is 6.92 Å². The van der Waals surface area contributed by atoms with Gasteiger partial charge in [0, 0.05) is 17.1 Å². The van der Waals surface area contributed by atoms with E-state index in [0.29, 0.717) is 35.0 Å². The Hall–Kier alpha value is -3.84. The number of benzene rings is 3. The van der Waals surface area contributed by atoms with Gasteiger partial charge in [-0.25, -0.2) is 9.69 Å². The van der Waals surface area contributed by atoms with Crippen LogP contribution in [0.15, 0.2) is 94.4 Å². The number of amides is 2. The summed E-state index contributed by atoms with van der Waals surface area (Å²) < 4.78 is 5.28. The minimum Gasteiger partial charge on any atom is -0.462 e. The lowest BCUT2D eigenvalue weighted by Gasteiger charge is -2.24. The molecular formula is C30H30N2O4S. The van der Waals surface area contributed by atoms with Crippen molar-refractivity contribution in [2.45, 2.75) is 38.5 Å². The number of rotatable bonds is 10. The molecule has 190 valence electrons. The van der Waals surface area contributed by atoms with Gasteiger partial charge in [-0.15, -0.1) is 0 Å². The second kappa shape index (κ2) is 11.9. The molecule has 0 unspecified atom stereocenters. The third-order valence-corrected chi connectivity index (χ3v) is 7.09. The lowest BCUT2D eigenvalue weighted by molar-refractivity contribution is -0.120. The standard InChI is InChI=1S/C30H30N2O4S/c1-4-6-20-36-30(35)22-14-16-24(17-15-22)32-28(33)26(31(5-2)23-10-8-7-9-11-23)27(29(32)34)37-25-18-12-21(3)13-19-25/h7-19H,4-6,20H2,1-3H3. The fourth-order valence-electron chi connectivity index (χ4n) is 4.00. The van der Waals surface area contributed by atoms with Gasteiger partial charge in [0.05, 0.1) is 17.9 Å². The Morgan fingerprint density at radius 3 is 2.19 bits per heavy atom. The van der Waals surface area contributed by atoms with Gasteiger partial charge < -0.3 is 9.64 Å². The molecule has 6 nitrogen and oxygen atoms in total. The van der Waals surface area contributed by atoms with Gasteiger partial charge in [-0.1, -0.05) is 61.0 Å². The van der Waals surface area contributed by atoms with Crippen molar-refractivity contribution < 1.29 is 19.1 Å². The molecule has 1 heterocycles.